The predicted octanol–water partition coefficient (Wildman–Crippen LogP) is -5.91. The Labute approximate surface area is 118 Å². The smallest absolute Gasteiger partial charge is 0.784 e. The van der Waals surface area contributed by atoms with Crippen molar-refractivity contribution in [1.82, 2.24) is 4.98 Å². The van der Waals surface area contributed by atoms with Gasteiger partial charge in [-0.05, 0) is 12.1 Å². The fraction of sp³-hybridized carbons (Fsp3) is 0. The first-order chi connectivity index (χ1) is 4.73. The van der Waals surface area contributed by atoms with E-state index in [1.807, 2.05) is 18.2 Å². The Morgan fingerprint density at radius 3 is 1.42 bits per heavy atom. The maximum absolute atomic E-state index is 8.44. The summed E-state index contributed by atoms with van der Waals surface area (Å²) in [6.45, 7) is 0. The summed E-state index contributed by atoms with van der Waals surface area (Å²) in [7, 11) is 0. The van der Waals surface area contributed by atoms with E-state index < -0.39 is 11.4 Å². The van der Waals surface area contributed by atoms with Crippen molar-refractivity contribution in [2.45, 2.75) is 0 Å². The second-order valence-corrected chi connectivity index (χ2v) is 1.64. The zero-order valence-electron chi connectivity index (χ0n) is 6.97. The summed E-state index contributed by atoms with van der Waals surface area (Å²) in [5.74, 6) is 0. The van der Waals surface area contributed by atoms with Crippen LogP contribution in [0, 0.1) is 0 Å². The van der Waals surface area contributed by atoms with Gasteiger partial charge in [-0.1, -0.05) is 6.07 Å². The van der Waals surface area contributed by atoms with Gasteiger partial charge in [0.05, 0.1) is 0 Å². The average Bonchev–Trinajstić information content (AvgIpc) is 1.90. The molecular formula is C5H5NNa2O3S. The van der Waals surface area contributed by atoms with E-state index in [0.717, 1.165) is 0 Å². The summed E-state index contributed by atoms with van der Waals surface area (Å²) in [6, 6.07) is 5.72. The van der Waals surface area contributed by atoms with Gasteiger partial charge in [0.15, 0.2) is 0 Å². The second-order valence-electron chi connectivity index (χ2n) is 1.23. The maximum atomic E-state index is 8.44. The molecule has 0 aliphatic rings. The Kier molecular flexibility index (Phi) is 23.2. The largest absolute Gasteiger partial charge is 1.00 e. The molecule has 0 saturated heterocycles. The number of pyridine rings is 1. The molecule has 0 atom stereocenters. The van der Waals surface area contributed by atoms with Crippen LogP contribution in [0.15, 0.2) is 30.6 Å². The SMILES string of the molecule is O=S([O-])[O-].[Na+].[Na+].c1ccncc1. The van der Waals surface area contributed by atoms with Gasteiger partial charge in [-0.25, -0.2) is 0 Å². The van der Waals surface area contributed by atoms with E-state index in [0.29, 0.717) is 0 Å². The molecule has 0 spiro atoms. The molecule has 0 N–H and O–H groups in total. The summed E-state index contributed by atoms with van der Waals surface area (Å²) < 4.78 is 25.3. The Hall–Kier alpha value is 1.22. The molecular weight excluding hydrogens is 200 g/mol. The van der Waals surface area contributed by atoms with Crippen molar-refractivity contribution >= 4 is 11.4 Å². The van der Waals surface area contributed by atoms with Gasteiger partial charge in [0.1, 0.15) is 0 Å². The molecule has 56 valence electrons. The molecule has 1 heterocycles. The molecule has 0 aromatic carbocycles. The van der Waals surface area contributed by atoms with Crippen molar-refractivity contribution in [1.29, 1.82) is 0 Å². The van der Waals surface area contributed by atoms with Crippen molar-refractivity contribution < 1.29 is 72.4 Å². The molecule has 1 rings (SSSR count). The van der Waals surface area contributed by atoms with Crippen molar-refractivity contribution in [3.63, 3.8) is 0 Å². The number of nitrogens with zero attached hydrogens (tertiary/aromatic N) is 1. The van der Waals surface area contributed by atoms with E-state index >= 15 is 0 Å². The fourth-order valence-corrected chi connectivity index (χ4v) is 0.313. The minimum atomic E-state index is -3.11. The third kappa shape index (κ3) is 22.5. The number of rotatable bonds is 0. The molecule has 0 radical (unpaired) electrons. The first-order valence-electron chi connectivity index (χ1n) is 2.35. The fourth-order valence-electron chi connectivity index (χ4n) is 0.313. The van der Waals surface area contributed by atoms with E-state index in [-0.39, 0.29) is 59.1 Å². The molecule has 4 nitrogen and oxygen atoms in total. The van der Waals surface area contributed by atoms with Crippen LogP contribution in [0.3, 0.4) is 0 Å². The molecule has 7 heteroatoms. The van der Waals surface area contributed by atoms with Gasteiger partial charge in [0.2, 0.25) is 0 Å². The van der Waals surface area contributed by atoms with Crippen molar-refractivity contribution in [3.05, 3.63) is 30.6 Å². The van der Waals surface area contributed by atoms with Crippen molar-refractivity contribution in [3.8, 4) is 0 Å². The van der Waals surface area contributed by atoms with Gasteiger partial charge < -0.3 is 9.11 Å². The van der Waals surface area contributed by atoms with Crippen LogP contribution >= 0.6 is 0 Å². The molecule has 1 aromatic heterocycles. The van der Waals surface area contributed by atoms with Crippen LogP contribution < -0.4 is 59.1 Å². The van der Waals surface area contributed by atoms with Crippen LogP contribution in [0.25, 0.3) is 0 Å². The van der Waals surface area contributed by atoms with Gasteiger partial charge in [-0.15, -0.1) is 11.4 Å². The minimum Gasteiger partial charge on any atom is -0.784 e. The summed E-state index contributed by atoms with van der Waals surface area (Å²) in [6.07, 6.45) is 3.50. The Morgan fingerprint density at radius 2 is 1.33 bits per heavy atom. The molecule has 1 aromatic rings. The summed E-state index contributed by atoms with van der Waals surface area (Å²) in [5.41, 5.74) is 0. The van der Waals surface area contributed by atoms with Gasteiger partial charge >= 0.3 is 59.1 Å². The van der Waals surface area contributed by atoms with Crippen LogP contribution in [0.1, 0.15) is 0 Å². The molecule has 0 fully saturated rings. The minimum absolute atomic E-state index is 0. The number of aromatic nitrogens is 1. The first kappa shape index (κ1) is 18.9. The predicted molar refractivity (Wildman–Crippen MR) is 33.9 cm³/mol. The molecule has 0 amide bonds. The Balaban J connectivity index is -0.000000124. The standard InChI is InChI=1S/C5H5N.2Na.H2O3S/c1-2-4-6-5-3-1;;;1-4(2)3/h1-5H;;;(H2,1,2,3)/q;2*+1;/p-2. The van der Waals surface area contributed by atoms with Gasteiger partial charge in [-0.3, -0.25) is 9.19 Å². The zero-order valence-corrected chi connectivity index (χ0v) is 11.8. The molecule has 0 bridgehead atoms. The number of hydrogen-bond donors (Lipinski definition) is 0. The van der Waals surface area contributed by atoms with Crippen LogP contribution in [0.4, 0.5) is 0 Å². The second kappa shape index (κ2) is 14.7. The van der Waals surface area contributed by atoms with E-state index in [2.05, 4.69) is 4.98 Å². The summed E-state index contributed by atoms with van der Waals surface area (Å²) in [4.78, 5) is 3.78. The summed E-state index contributed by atoms with van der Waals surface area (Å²) in [5, 5.41) is 0. The Morgan fingerprint density at radius 1 is 1.00 bits per heavy atom. The molecule has 0 aliphatic heterocycles. The first-order valence-corrected chi connectivity index (χ1v) is 3.35. The van der Waals surface area contributed by atoms with Crippen molar-refractivity contribution in [2.24, 2.45) is 0 Å². The zero-order chi connectivity index (χ0) is 7.82. The maximum Gasteiger partial charge on any atom is 1.00 e. The normalized spacial score (nSPS) is 6.92. The molecule has 0 saturated carbocycles. The quantitative estimate of drug-likeness (QED) is 0.312. The third-order valence-electron chi connectivity index (χ3n) is 0.566. The van der Waals surface area contributed by atoms with Gasteiger partial charge in [0.25, 0.3) is 0 Å². The monoisotopic (exact) mass is 205 g/mol. The van der Waals surface area contributed by atoms with E-state index in [9.17, 15) is 0 Å². The van der Waals surface area contributed by atoms with Gasteiger partial charge in [-0.2, -0.15) is 0 Å². The van der Waals surface area contributed by atoms with Crippen LogP contribution in [-0.4, -0.2) is 18.3 Å². The topological polar surface area (TPSA) is 76.1 Å². The molecule has 12 heavy (non-hydrogen) atoms. The van der Waals surface area contributed by atoms with E-state index in [4.69, 9.17) is 13.3 Å². The molecule has 0 aliphatic carbocycles. The number of hydrogen-bond acceptors (Lipinski definition) is 4. The third-order valence-corrected chi connectivity index (χ3v) is 0.566. The van der Waals surface area contributed by atoms with Crippen molar-refractivity contribution in [2.75, 3.05) is 0 Å². The van der Waals surface area contributed by atoms with Crippen LogP contribution in [0.2, 0.25) is 0 Å². The Bertz CT molecular complexity index is 157. The van der Waals surface area contributed by atoms with E-state index in [1.54, 1.807) is 12.4 Å². The summed E-state index contributed by atoms with van der Waals surface area (Å²) >= 11 is -3.11. The van der Waals surface area contributed by atoms with Gasteiger partial charge in [0, 0.05) is 12.4 Å². The molecule has 0 unspecified atom stereocenters. The van der Waals surface area contributed by atoms with Crippen LogP contribution in [-0.2, 0) is 11.4 Å². The van der Waals surface area contributed by atoms with E-state index in [1.165, 1.54) is 0 Å². The average molecular weight is 205 g/mol. The van der Waals surface area contributed by atoms with Crippen LogP contribution in [0.5, 0.6) is 0 Å².